The van der Waals surface area contributed by atoms with Crippen molar-refractivity contribution < 1.29 is 24.2 Å². The van der Waals surface area contributed by atoms with E-state index in [0.717, 1.165) is 0 Å². The molecule has 0 heterocycles. The second-order valence-corrected chi connectivity index (χ2v) is 16.6. The molecule has 0 saturated heterocycles. The van der Waals surface area contributed by atoms with Gasteiger partial charge in [0.2, 0.25) is 0 Å². The Morgan fingerprint density at radius 2 is 0.935 bits per heavy atom. The van der Waals surface area contributed by atoms with Crippen LogP contribution in [0.4, 0.5) is 0 Å². The van der Waals surface area contributed by atoms with E-state index >= 15 is 0 Å². The number of hydrogen-bond acceptors (Lipinski definition) is 0. The summed E-state index contributed by atoms with van der Waals surface area (Å²) in [6.45, 7) is 13.9. The van der Waals surface area contributed by atoms with Gasteiger partial charge in [0.15, 0.2) is 0 Å². The molecule has 0 aromatic heterocycles. The molecule has 46 heavy (non-hydrogen) atoms. The van der Waals surface area contributed by atoms with Gasteiger partial charge in [-0.05, 0) is 44.2 Å². The molecule has 6 aromatic carbocycles. The first-order valence-corrected chi connectivity index (χ1v) is 18.3. The van der Waals surface area contributed by atoms with Crippen LogP contribution in [0.3, 0.4) is 0 Å². The van der Waals surface area contributed by atoms with Crippen molar-refractivity contribution in [2.45, 2.75) is 90.9 Å². The Morgan fingerprint density at radius 3 is 1.28 bits per heavy atom. The van der Waals surface area contributed by atoms with E-state index in [4.69, 9.17) is 0 Å². The van der Waals surface area contributed by atoms with Crippen LogP contribution >= 0.6 is 0 Å². The number of benzene rings is 4. The van der Waals surface area contributed by atoms with Crippen LogP contribution in [-0.2, 0) is 35.1 Å². The Balaban J connectivity index is 0.000000265. The van der Waals surface area contributed by atoms with Crippen molar-refractivity contribution in [1.82, 2.24) is 0 Å². The van der Waals surface area contributed by atoms with Crippen molar-refractivity contribution in [3.05, 3.63) is 132 Å². The van der Waals surface area contributed by atoms with E-state index < -0.39 is 0 Å². The first-order chi connectivity index (χ1) is 22.0. The van der Waals surface area contributed by atoms with Crippen molar-refractivity contribution in [2.75, 3.05) is 0 Å². The topological polar surface area (TPSA) is 0 Å². The third kappa shape index (κ3) is 8.60. The summed E-state index contributed by atoms with van der Waals surface area (Å²) >= 11 is 1.69. The summed E-state index contributed by atoms with van der Waals surface area (Å²) < 4.78 is 1.81. The Labute approximate surface area is 292 Å². The molecule has 1 aliphatic rings. The van der Waals surface area contributed by atoms with Crippen molar-refractivity contribution in [1.29, 1.82) is 0 Å². The average Bonchev–Trinajstić information content (AvgIpc) is 3.68. The number of rotatable bonds is 2. The molecule has 234 valence electrons. The van der Waals surface area contributed by atoms with Crippen LogP contribution in [0.1, 0.15) is 91.2 Å². The predicted molar refractivity (Wildman–Crippen MR) is 200 cm³/mol. The molecular formula is C45H50Zr. The molecular weight excluding hydrogens is 632 g/mol. The minimum absolute atomic E-state index is 0.0554. The third-order valence-electron chi connectivity index (χ3n) is 9.03. The summed E-state index contributed by atoms with van der Waals surface area (Å²) in [4.78, 5) is 0. The number of hydrogen-bond donors (Lipinski definition) is 0. The number of fused-ring (bicyclic) bond motifs is 3. The Morgan fingerprint density at radius 1 is 0.522 bits per heavy atom. The average molecular weight is 682 g/mol. The van der Waals surface area contributed by atoms with Gasteiger partial charge in [-0.1, -0.05) is 114 Å². The van der Waals surface area contributed by atoms with Crippen LogP contribution in [0.2, 0.25) is 0 Å². The molecule has 0 N–H and O–H groups in total. The Bertz CT molecular complexity index is 1700. The fourth-order valence-corrected chi connectivity index (χ4v) is 7.40. The molecule has 1 aliphatic carbocycles. The van der Waals surface area contributed by atoms with Gasteiger partial charge in [0.25, 0.3) is 0 Å². The molecule has 0 amide bonds. The second kappa shape index (κ2) is 15.2. The largest absolute Gasteiger partial charge is 0.214 e. The molecule has 0 spiro atoms. The van der Waals surface area contributed by atoms with E-state index in [0.29, 0.717) is 0 Å². The summed E-state index contributed by atoms with van der Waals surface area (Å²) in [6.07, 6.45) is 8.80. The second-order valence-electron chi connectivity index (χ2n) is 14.8. The Hall–Kier alpha value is -3.15. The molecule has 1 heteroatoms. The molecule has 7 rings (SSSR count). The maximum atomic E-state index is 2.45. The van der Waals surface area contributed by atoms with Crippen molar-refractivity contribution in [3.8, 4) is 22.3 Å². The molecule has 1 saturated carbocycles. The minimum atomic E-state index is 0.0554. The van der Waals surface area contributed by atoms with E-state index in [1.807, 2.05) is 33.5 Å². The summed E-state index contributed by atoms with van der Waals surface area (Å²) in [6, 6.07) is 43.7. The SMILES string of the molecule is CC(C)(C)c1cc2c(cc1-c1ccccc1)[cH-]c1cc(-c3ccccc3)c(C(C)(C)C)cc12.[Zr+2]=[C]1CCCCCC1.c1cc[cH-]c1. The molecule has 0 bridgehead atoms. The predicted octanol–water partition coefficient (Wildman–Crippen LogP) is 13.1. The monoisotopic (exact) mass is 680 g/mol. The third-order valence-corrected chi connectivity index (χ3v) is 10.3. The molecule has 0 nitrogen and oxygen atoms in total. The fourth-order valence-electron chi connectivity index (χ4n) is 6.54. The summed E-state index contributed by atoms with van der Waals surface area (Å²) in [5.74, 6) is 0. The first-order valence-electron chi connectivity index (χ1n) is 17.1. The van der Waals surface area contributed by atoms with Gasteiger partial charge in [-0.3, -0.25) is 0 Å². The summed E-state index contributed by atoms with van der Waals surface area (Å²) in [7, 11) is 0. The zero-order valence-corrected chi connectivity index (χ0v) is 31.2. The van der Waals surface area contributed by atoms with E-state index in [1.165, 1.54) is 93.5 Å². The molecule has 0 radical (unpaired) electrons. The molecule has 6 aromatic rings. The van der Waals surface area contributed by atoms with Gasteiger partial charge in [-0.25, -0.2) is 12.1 Å². The fraction of sp³-hybridized carbons (Fsp3) is 0.311. The first kappa shape index (κ1) is 34.2. The van der Waals surface area contributed by atoms with Crippen LogP contribution in [0.25, 0.3) is 43.8 Å². The summed E-state index contributed by atoms with van der Waals surface area (Å²) in [5, 5.41) is 5.36. The molecule has 0 unspecified atom stereocenters. The van der Waals surface area contributed by atoms with Gasteiger partial charge in [-0.2, -0.15) is 18.2 Å². The van der Waals surface area contributed by atoms with Crippen LogP contribution in [0.15, 0.2) is 121 Å². The van der Waals surface area contributed by atoms with Crippen LogP contribution < -0.4 is 0 Å². The van der Waals surface area contributed by atoms with E-state index in [-0.39, 0.29) is 10.8 Å². The van der Waals surface area contributed by atoms with Crippen molar-refractivity contribution in [3.63, 3.8) is 0 Å². The normalized spacial score (nSPS) is 13.9. The van der Waals surface area contributed by atoms with E-state index in [9.17, 15) is 0 Å². The molecule has 0 aliphatic heterocycles. The maximum Gasteiger partial charge on any atom is -0.172 e. The quantitative estimate of drug-likeness (QED) is 0.126. The zero-order chi connectivity index (χ0) is 32.7. The smallest absolute Gasteiger partial charge is 0.172 e. The van der Waals surface area contributed by atoms with Gasteiger partial charge >= 0.3 is 66.0 Å². The van der Waals surface area contributed by atoms with Gasteiger partial charge in [0.1, 0.15) is 0 Å². The van der Waals surface area contributed by atoms with Crippen molar-refractivity contribution >= 4 is 24.8 Å². The maximum absolute atomic E-state index is 2.45. The zero-order valence-electron chi connectivity index (χ0n) is 28.8. The standard InChI is InChI=1S/C33H33.C7H12.C5H5.Zr/c1-32(2,3)30-20-26-24(18-28(30)22-13-9-7-10-14-22)17-25-19-29(23-15-11-8-12-16-23)31(21-27(25)26)33(4,5)6;1-2-4-6-7-5-3-1;1-2-4-5-3-1;/h7-21H,1-6H3;1-6H2;1-5H;/q-1;;-1;+2. The van der Waals surface area contributed by atoms with Gasteiger partial charge in [0, 0.05) is 0 Å². The van der Waals surface area contributed by atoms with Crippen LogP contribution in [0, 0.1) is 0 Å². The summed E-state index contributed by atoms with van der Waals surface area (Å²) in [5.41, 5.74) is 8.16. The van der Waals surface area contributed by atoms with Gasteiger partial charge < -0.3 is 0 Å². The van der Waals surface area contributed by atoms with Crippen LogP contribution in [0.5, 0.6) is 0 Å². The van der Waals surface area contributed by atoms with E-state index in [1.54, 1.807) is 24.2 Å². The molecule has 0 atom stereocenters. The van der Waals surface area contributed by atoms with Gasteiger partial charge in [-0.15, -0.1) is 39.7 Å². The minimum Gasteiger partial charge on any atom is -0.214 e. The van der Waals surface area contributed by atoms with Gasteiger partial charge in [0.05, 0.1) is 0 Å². The molecule has 1 fully saturated rings. The van der Waals surface area contributed by atoms with E-state index in [2.05, 4.69) is 133 Å². The van der Waals surface area contributed by atoms with Crippen molar-refractivity contribution in [2.24, 2.45) is 0 Å². The van der Waals surface area contributed by atoms with Crippen LogP contribution in [-0.4, -0.2) is 3.21 Å². The Kier molecular flexibility index (Phi) is 11.3.